The van der Waals surface area contributed by atoms with E-state index in [1.165, 1.54) is 11.1 Å². The highest BCUT2D eigenvalue weighted by molar-refractivity contribution is 14.0. The Balaban J connectivity index is 0.00000420. The number of alkyl halides is 3. The molecule has 0 radical (unpaired) electrons. The van der Waals surface area contributed by atoms with E-state index in [2.05, 4.69) is 50.0 Å². The fourth-order valence-electron chi connectivity index (χ4n) is 2.61. The zero-order valence-electron chi connectivity index (χ0n) is 16.5. The number of guanidine groups is 1. The van der Waals surface area contributed by atoms with E-state index >= 15 is 0 Å². The van der Waals surface area contributed by atoms with Crippen molar-refractivity contribution in [3.63, 3.8) is 0 Å². The van der Waals surface area contributed by atoms with E-state index in [9.17, 15) is 13.2 Å². The van der Waals surface area contributed by atoms with Crippen molar-refractivity contribution in [1.29, 1.82) is 0 Å². The summed E-state index contributed by atoms with van der Waals surface area (Å²) < 4.78 is 38.0. The third-order valence-electron chi connectivity index (χ3n) is 3.96. The van der Waals surface area contributed by atoms with Crippen LogP contribution in [0.3, 0.4) is 0 Å². The minimum absolute atomic E-state index is 0. The molecular weight excluding hydrogens is 496 g/mol. The second-order valence-corrected chi connectivity index (χ2v) is 6.17. The summed E-state index contributed by atoms with van der Waals surface area (Å²) in [6, 6.07) is 8.98. The smallest absolute Gasteiger partial charge is 0.357 e. The van der Waals surface area contributed by atoms with Crippen molar-refractivity contribution in [2.75, 3.05) is 25.0 Å². The van der Waals surface area contributed by atoms with E-state index in [4.69, 9.17) is 0 Å². The van der Waals surface area contributed by atoms with E-state index in [0.717, 1.165) is 12.3 Å². The van der Waals surface area contributed by atoms with E-state index in [1.807, 2.05) is 26.0 Å². The Morgan fingerprint density at radius 2 is 1.93 bits per heavy atom. The van der Waals surface area contributed by atoms with Crippen LogP contribution < -0.4 is 16.0 Å². The van der Waals surface area contributed by atoms with Crippen molar-refractivity contribution in [2.24, 2.45) is 4.99 Å². The van der Waals surface area contributed by atoms with Gasteiger partial charge in [0.1, 0.15) is 5.69 Å². The molecule has 0 aliphatic rings. The number of rotatable bonds is 7. The summed E-state index contributed by atoms with van der Waals surface area (Å²) in [6.07, 6.45) is -3.41. The van der Waals surface area contributed by atoms with Gasteiger partial charge in [0.25, 0.3) is 0 Å². The van der Waals surface area contributed by atoms with Gasteiger partial charge in [0.15, 0.2) is 5.96 Å². The first kappa shape index (κ1) is 24.9. The van der Waals surface area contributed by atoms with Gasteiger partial charge in [0, 0.05) is 19.3 Å². The summed E-state index contributed by atoms with van der Waals surface area (Å²) >= 11 is 0. The highest BCUT2D eigenvalue weighted by atomic mass is 127. The highest BCUT2D eigenvalue weighted by Crippen LogP contribution is 2.27. The van der Waals surface area contributed by atoms with Gasteiger partial charge in [-0.15, -0.1) is 24.0 Å². The Labute approximate surface area is 185 Å². The monoisotopic (exact) mass is 522 g/mol. The maximum atomic E-state index is 12.7. The molecule has 0 amide bonds. The molecule has 0 saturated carbocycles. The zero-order chi connectivity index (χ0) is 20.6. The molecule has 1 unspecified atom stereocenters. The van der Waals surface area contributed by atoms with Gasteiger partial charge >= 0.3 is 6.18 Å². The Hall–Kier alpha value is -2.11. The average Bonchev–Trinajstić information content (AvgIpc) is 2.65. The number of aromatic nitrogens is 2. The van der Waals surface area contributed by atoms with Crippen LogP contribution in [0.4, 0.5) is 19.1 Å². The van der Waals surface area contributed by atoms with Crippen LogP contribution in [-0.4, -0.2) is 35.6 Å². The van der Waals surface area contributed by atoms with Crippen molar-refractivity contribution >= 4 is 35.9 Å². The second-order valence-electron chi connectivity index (χ2n) is 6.17. The van der Waals surface area contributed by atoms with Crippen LogP contribution in [0.1, 0.15) is 36.7 Å². The van der Waals surface area contributed by atoms with Crippen molar-refractivity contribution in [3.8, 4) is 0 Å². The standard InChI is InChI=1S/C19H25F3N6.HI/c1-4-23-17(27-14(3)15-8-6-5-7-13(15)2)25-11-12-26-18-24-10-9-16(28-18)19(20,21)22;/h5-10,14H,4,11-12H2,1-3H3,(H2,23,25,27)(H,24,26,28);1H. The largest absolute Gasteiger partial charge is 0.433 e. The molecule has 1 heterocycles. The van der Waals surface area contributed by atoms with Crippen LogP contribution in [-0.2, 0) is 6.18 Å². The normalized spacial score (nSPS) is 12.7. The first-order valence-electron chi connectivity index (χ1n) is 9.05. The van der Waals surface area contributed by atoms with E-state index < -0.39 is 11.9 Å². The first-order chi connectivity index (χ1) is 13.3. The molecule has 0 aliphatic heterocycles. The van der Waals surface area contributed by atoms with Gasteiger partial charge in [-0.25, -0.2) is 9.97 Å². The summed E-state index contributed by atoms with van der Waals surface area (Å²) in [5.41, 5.74) is 1.38. The van der Waals surface area contributed by atoms with E-state index in [-0.39, 0.29) is 36.0 Å². The Morgan fingerprint density at radius 1 is 1.21 bits per heavy atom. The SMILES string of the molecule is CCNC(=NCCNc1nccc(C(F)(F)F)n1)NC(C)c1ccccc1C.I. The summed E-state index contributed by atoms with van der Waals surface area (Å²) in [6.45, 7) is 7.40. The van der Waals surface area contributed by atoms with Gasteiger partial charge in [-0.2, -0.15) is 13.2 Å². The van der Waals surface area contributed by atoms with Crippen molar-refractivity contribution < 1.29 is 13.2 Å². The Kier molecular flexibility index (Phi) is 10.1. The molecule has 0 spiro atoms. The molecule has 0 fully saturated rings. The molecular formula is C19H26F3IN6. The molecule has 0 bridgehead atoms. The third-order valence-corrected chi connectivity index (χ3v) is 3.96. The summed E-state index contributed by atoms with van der Waals surface area (Å²) in [5.74, 6) is 0.557. The molecule has 1 aromatic carbocycles. The van der Waals surface area contributed by atoms with E-state index in [1.54, 1.807) is 0 Å². The molecule has 1 atom stereocenters. The number of hydrogen-bond donors (Lipinski definition) is 3. The third kappa shape index (κ3) is 8.03. The van der Waals surface area contributed by atoms with Gasteiger partial charge in [-0.3, -0.25) is 4.99 Å². The molecule has 3 N–H and O–H groups in total. The number of nitrogens with zero attached hydrogens (tertiary/aromatic N) is 3. The van der Waals surface area contributed by atoms with Gasteiger partial charge in [0.05, 0.1) is 12.6 Å². The summed E-state index contributed by atoms with van der Waals surface area (Å²) in [4.78, 5) is 11.7. The number of aliphatic imine (C=N–C) groups is 1. The lowest BCUT2D eigenvalue weighted by Gasteiger charge is -2.19. The molecule has 1 aromatic heterocycles. The molecule has 2 rings (SSSR count). The lowest BCUT2D eigenvalue weighted by atomic mass is 10.0. The number of aryl methyl sites for hydroxylation is 1. The Bertz CT molecular complexity index is 798. The molecule has 10 heteroatoms. The van der Waals surface area contributed by atoms with Crippen LogP contribution >= 0.6 is 24.0 Å². The fourth-order valence-corrected chi connectivity index (χ4v) is 2.61. The van der Waals surface area contributed by atoms with Crippen LogP contribution in [0, 0.1) is 6.92 Å². The van der Waals surface area contributed by atoms with Crippen LogP contribution in [0.25, 0.3) is 0 Å². The summed E-state index contributed by atoms with van der Waals surface area (Å²) in [5, 5.41) is 9.26. The van der Waals surface area contributed by atoms with Crippen LogP contribution in [0.15, 0.2) is 41.5 Å². The second kappa shape index (κ2) is 11.8. The number of anilines is 1. The first-order valence-corrected chi connectivity index (χ1v) is 9.05. The van der Waals surface area contributed by atoms with Gasteiger partial charge in [-0.1, -0.05) is 24.3 Å². The molecule has 6 nitrogen and oxygen atoms in total. The highest BCUT2D eigenvalue weighted by Gasteiger charge is 2.32. The maximum absolute atomic E-state index is 12.7. The van der Waals surface area contributed by atoms with Crippen molar-refractivity contribution in [2.45, 2.75) is 33.0 Å². The Morgan fingerprint density at radius 3 is 2.59 bits per heavy atom. The lowest BCUT2D eigenvalue weighted by Crippen LogP contribution is -2.39. The predicted octanol–water partition coefficient (Wildman–Crippen LogP) is 4.15. The molecule has 2 aromatic rings. The number of benzene rings is 1. The number of hydrogen-bond acceptors (Lipinski definition) is 4. The van der Waals surface area contributed by atoms with Crippen molar-refractivity contribution in [3.05, 3.63) is 53.3 Å². The van der Waals surface area contributed by atoms with E-state index in [0.29, 0.717) is 25.6 Å². The maximum Gasteiger partial charge on any atom is 0.433 e. The van der Waals surface area contributed by atoms with Gasteiger partial charge < -0.3 is 16.0 Å². The molecule has 0 saturated heterocycles. The van der Waals surface area contributed by atoms with Gasteiger partial charge in [-0.05, 0) is 38.0 Å². The lowest BCUT2D eigenvalue weighted by molar-refractivity contribution is -0.141. The fraction of sp³-hybridized carbons (Fsp3) is 0.421. The van der Waals surface area contributed by atoms with Crippen molar-refractivity contribution in [1.82, 2.24) is 20.6 Å². The minimum Gasteiger partial charge on any atom is -0.357 e. The zero-order valence-corrected chi connectivity index (χ0v) is 18.9. The summed E-state index contributed by atoms with van der Waals surface area (Å²) in [7, 11) is 0. The molecule has 29 heavy (non-hydrogen) atoms. The molecule has 0 aliphatic carbocycles. The number of nitrogens with one attached hydrogen (secondary N) is 3. The van der Waals surface area contributed by atoms with Crippen LogP contribution in [0.5, 0.6) is 0 Å². The molecule has 160 valence electrons. The van der Waals surface area contributed by atoms with Crippen LogP contribution in [0.2, 0.25) is 0 Å². The quantitative estimate of drug-likeness (QED) is 0.221. The van der Waals surface area contributed by atoms with Gasteiger partial charge in [0.2, 0.25) is 5.95 Å². The topological polar surface area (TPSA) is 74.2 Å². The average molecular weight is 522 g/mol. The number of halogens is 4. The predicted molar refractivity (Wildman–Crippen MR) is 120 cm³/mol. The minimum atomic E-state index is -4.49.